The molecule has 0 atom stereocenters. The van der Waals surface area contributed by atoms with Gasteiger partial charge in [-0.3, -0.25) is 14.7 Å². The van der Waals surface area contributed by atoms with E-state index in [4.69, 9.17) is 0 Å². The number of hydrogen-bond acceptors (Lipinski definition) is 3. The molecule has 0 N–H and O–H groups in total. The summed E-state index contributed by atoms with van der Waals surface area (Å²) in [7, 11) is 0. The second-order valence-corrected chi connectivity index (χ2v) is 6.79. The molecule has 132 valence electrons. The van der Waals surface area contributed by atoms with Crippen molar-refractivity contribution in [3.63, 3.8) is 0 Å². The van der Waals surface area contributed by atoms with E-state index in [0.29, 0.717) is 22.8 Å². The first-order valence-electron chi connectivity index (χ1n) is 8.18. The van der Waals surface area contributed by atoms with Crippen LogP contribution in [0.2, 0.25) is 0 Å². The van der Waals surface area contributed by atoms with Gasteiger partial charge in [-0.2, -0.15) is 0 Å². The summed E-state index contributed by atoms with van der Waals surface area (Å²) in [5.74, 6) is -0.123. The molecule has 0 bridgehead atoms. The molecule has 2 aromatic carbocycles. The number of rotatable bonds is 3. The largest absolute Gasteiger partial charge is 0.282 e. The van der Waals surface area contributed by atoms with Crippen LogP contribution in [0.25, 0.3) is 6.08 Å². The van der Waals surface area contributed by atoms with E-state index >= 15 is 0 Å². The van der Waals surface area contributed by atoms with Crippen LogP contribution in [0.5, 0.6) is 0 Å². The van der Waals surface area contributed by atoms with Gasteiger partial charge in [-0.25, -0.2) is 9.38 Å². The van der Waals surface area contributed by atoms with Gasteiger partial charge in [0.05, 0.1) is 5.69 Å². The van der Waals surface area contributed by atoms with E-state index in [2.05, 4.69) is 25.9 Å². The smallest absolute Gasteiger partial charge is 0.266 e. The van der Waals surface area contributed by atoms with Gasteiger partial charge < -0.3 is 0 Å². The summed E-state index contributed by atoms with van der Waals surface area (Å²) >= 11 is 3.40. The molecule has 6 heteroatoms. The summed E-state index contributed by atoms with van der Waals surface area (Å²) in [6.45, 7) is 0. The Bertz CT molecular complexity index is 1050. The molecule has 0 saturated carbocycles. The molecule has 0 aliphatic carbocycles. The molecule has 4 rings (SSSR count). The number of benzene rings is 2. The zero-order chi connectivity index (χ0) is 18.8. The van der Waals surface area contributed by atoms with Gasteiger partial charge in [-0.1, -0.05) is 15.9 Å². The monoisotopic (exact) mass is 421 g/mol. The predicted octanol–water partition coefficient (Wildman–Crippen LogP) is 4.82. The van der Waals surface area contributed by atoms with Crippen molar-refractivity contribution in [2.45, 2.75) is 0 Å². The standard InChI is InChI=1S/C21H13BrFN3O/c22-16-3-7-18(8-4-16)26-20(15-1-5-17(23)6-2-15)25-19(21(26)27)13-14-9-11-24-12-10-14/h1-13H/b19-13+. The van der Waals surface area contributed by atoms with E-state index in [1.54, 1.807) is 42.7 Å². The lowest BCUT2D eigenvalue weighted by Crippen LogP contribution is -2.32. The number of carbonyl (C=O) groups is 1. The van der Waals surface area contributed by atoms with Crippen molar-refractivity contribution in [3.8, 4) is 0 Å². The highest BCUT2D eigenvalue weighted by atomic mass is 79.9. The summed E-state index contributed by atoms with van der Waals surface area (Å²) in [5.41, 5.74) is 2.48. The van der Waals surface area contributed by atoms with E-state index in [1.807, 2.05) is 24.3 Å². The van der Waals surface area contributed by atoms with E-state index in [-0.39, 0.29) is 11.7 Å². The zero-order valence-corrected chi connectivity index (χ0v) is 15.6. The number of halogens is 2. The minimum absolute atomic E-state index is 0.242. The summed E-state index contributed by atoms with van der Waals surface area (Å²) in [5, 5.41) is 0. The molecule has 0 radical (unpaired) electrons. The third-order valence-corrected chi connectivity index (χ3v) is 4.59. The van der Waals surface area contributed by atoms with E-state index in [9.17, 15) is 9.18 Å². The molecule has 0 unspecified atom stereocenters. The second kappa shape index (κ2) is 7.25. The Morgan fingerprint density at radius 1 is 0.926 bits per heavy atom. The molecule has 3 aromatic rings. The maximum Gasteiger partial charge on any atom is 0.282 e. The Morgan fingerprint density at radius 3 is 2.26 bits per heavy atom. The van der Waals surface area contributed by atoms with Crippen LogP contribution < -0.4 is 4.90 Å². The number of amides is 1. The molecular weight excluding hydrogens is 409 g/mol. The van der Waals surface area contributed by atoms with Gasteiger partial charge >= 0.3 is 0 Å². The first kappa shape index (κ1) is 17.3. The number of aromatic nitrogens is 1. The summed E-state index contributed by atoms with van der Waals surface area (Å²) in [6, 6.07) is 16.9. The fourth-order valence-electron chi connectivity index (χ4n) is 2.76. The average molecular weight is 422 g/mol. The number of aliphatic imine (C=N–C) groups is 1. The second-order valence-electron chi connectivity index (χ2n) is 5.87. The molecule has 1 aromatic heterocycles. The quantitative estimate of drug-likeness (QED) is 0.569. The molecule has 0 saturated heterocycles. The lowest BCUT2D eigenvalue weighted by Gasteiger charge is -2.18. The number of carbonyl (C=O) groups excluding carboxylic acids is 1. The number of pyridine rings is 1. The molecule has 4 nitrogen and oxygen atoms in total. The van der Waals surface area contributed by atoms with Crippen molar-refractivity contribution >= 4 is 39.4 Å². The maximum absolute atomic E-state index is 13.3. The van der Waals surface area contributed by atoms with Crippen LogP contribution in [0.1, 0.15) is 11.1 Å². The highest BCUT2D eigenvalue weighted by Crippen LogP contribution is 2.28. The Labute approximate surface area is 163 Å². The fraction of sp³-hybridized carbons (Fsp3) is 0. The molecule has 1 aliphatic heterocycles. The van der Waals surface area contributed by atoms with Gasteiger partial charge in [0, 0.05) is 22.4 Å². The van der Waals surface area contributed by atoms with E-state index < -0.39 is 0 Å². The Hall–Kier alpha value is -3.12. The van der Waals surface area contributed by atoms with Crippen molar-refractivity contribution in [1.29, 1.82) is 0 Å². The molecule has 2 heterocycles. The third kappa shape index (κ3) is 3.57. The molecule has 0 spiro atoms. The zero-order valence-electron chi connectivity index (χ0n) is 14.0. The Morgan fingerprint density at radius 2 is 1.59 bits per heavy atom. The number of amidine groups is 1. The van der Waals surface area contributed by atoms with Crippen molar-refractivity contribution in [2.24, 2.45) is 4.99 Å². The van der Waals surface area contributed by atoms with Gasteiger partial charge in [-0.15, -0.1) is 0 Å². The molecule has 1 aliphatic rings. The van der Waals surface area contributed by atoms with Crippen LogP contribution in [-0.2, 0) is 4.79 Å². The first-order valence-corrected chi connectivity index (χ1v) is 8.97. The molecule has 1 amide bonds. The van der Waals surface area contributed by atoms with Crippen LogP contribution in [0.15, 0.2) is 88.2 Å². The topological polar surface area (TPSA) is 45.6 Å². The lowest BCUT2D eigenvalue weighted by molar-refractivity contribution is -0.113. The highest BCUT2D eigenvalue weighted by Gasteiger charge is 2.32. The normalized spacial score (nSPS) is 15.3. The Balaban J connectivity index is 1.82. The third-order valence-electron chi connectivity index (χ3n) is 4.06. The minimum Gasteiger partial charge on any atom is -0.266 e. The van der Waals surface area contributed by atoms with Gasteiger partial charge in [0.2, 0.25) is 0 Å². The maximum atomic E-state index is 13.3. The minimum atomic E-state index is -0.341. The average Bonchev–Trinajstić information content (AvgIpc) is 3.00. The predicted molar refractivity (Wildman–Crippen MR) is 107 cm³/mol. The van der Waals surface area contributed by atoms with Crippen LogP contribution in [0.3, 0.4) is 0 Å². The summed E-state index contributed by atoms with van der Waals surface area (Å²) < 4.78 is 14.2. The SMILES string of the molecule is O=C1/C(=C\c2ccncc2)N=C(c2ccc(F)cc2)N1c1ccc(Br)cc1. The van der Waals surface area contributed by atoms with Crippen molar-refractivity contribution in [2.75, 3.05) is 4.90 Å². The van der Waals surface area contributed by atoms with Gasteiger partial charge in [0.1, 0.15) is 17.3 Å². The fourth-order valence-corrected chi connectivity index (χ4v) is 3.02. The van der Waals surface area contributed by atoms with Crippen molar-refractivity contribution < 1.29 is 9.18 Å². The van der Waals surface area contributed by atoms with Gasteiger partial charge in [-0.05, 0) is 72.3 Å². The number of hydrogen-bond donors (Lipinski definition) is 0. The van der Waals surface area contributed by atoms with Crippen molar-refractivity contribution in [3.05, 3.63) is 100 Å². The van der Waals surface area contributed by atoms with Crippen LogP contribution in [-0.4, -0.2) is 16.7 Å². The molecule has 27 heavy (non-hydrogen) atoms. The van der Waals surface area contributed by atoms with Crippen LogP contribution in [0, 0.1) is 5.82 Å². The molecule has 0 fully saturated rings. The number of nitrogens with zero attached hydrogens (tertiary/aromatic N) is 3. The summed E-state index contributed by atoms with van der Waals surface area (Å²) in [6.07, 6.45) is 5.03. The highest BCUT2D eigenvalue weighted by molar-refractivity contribution is 9.10. The molecular formula is C21H13BrFN3O. The Kier molecular flexibility index (Phi) is 4.64. The summed E-state index contributed by atoms with van der Waals surface area (Å²) in [4.78, 5) is 23.1. The first-order chi connectivity index (χ1) is 13.1. The van der Waals surface area contributed by atoms with Gasteiger partial charge in [0.15, 0.2) is 0 Å². The van der Waals surface area contributed by atoms with Gasteiger partial charge in [0.25, 0.3) is 5.91 Å². The van der Waals surface area contributed by atoms with Crippen molar-refractivity contribution in [1.82, 2.24) is 4.98 Å². The van der Waals surface area contributed by atoms with E-state index in [0.717, 1.165) is 10.0 Å². The van der Waals surface area contributed by atoms with E-state index in [1.165, 1.54) is 17.0 Å². The van der Waals surface area contributed by atoms with Crippen LogP contribution in [0.4, 0.5) is 10.1 Å². The number of anilines is 1. The van der Waals surface area contributed by atoms with Crippen LogP contribution >= 0.6 is 15.9 Å². The lowest BCUT2D eigenvalue weighted by atomic mass is 10.1.